The fraction of sp³-hybridized carbons (Fsp3) is 0.346. The molecule has 0 saturated carbocycles. The molecule has 1 saturated heterocycles. The van der Waals surface area contributed by atoms with Crippen molar-refractivity contribution in [2.45, 2.75) is 32.5 Å². The summed E-state index contributed by atoms with van der Waals surface area (Å²) in [6.45, 7) is 5.65. The summed E-state index contributed by atoms with van der Waals surface area (Å²) in [5.41, 5.74) is 3.58. The average molecular weight is 460 g/mol. The number of aromatic nitrogens is 2. The Kier molecular flexibility index (Phi) is 6.20. The first-order valence-corrected chi connectivity index (χ1v) is 11.7. The monoisotopic (exact) mass is 459 g/mol. The summed E-state index contributed by atoms with van der Waals surface area (Å²) >= 11 is 0. The van der Waals surface area contributed by atoms with E-state index in [2.05, 4.69) is 35.1 Å². The first-order chi connectivity index (χ1) is 16.6. The van der Waals surface area contributed by atoms with Gasteiger partial charge in [0.1, 0.15) is 12.3 Å². The molecule has 0 spiro atoms. The summed E-state index contributed by atoms with van der Waals surface area (Å²) in [5.74, 6) is 0.636. The molecule has 5 rings (SSSR count). The molecule has 0 bridgehead atoms. The van der Waals surface area contributed by atoms with Crippen LogP contribution in [0.1, 0.15) is 18.1 Å². The van der Waals surface area contributed by atoms with E-state index in [1.807, 2.05) is 35.4 Å². The Morgan fingerprint density at radius 3 is 2.65 bits per heavy atom. The Hall–Kier alpha value is -3.81. The number of carbonyl (C=O) groups excluding carboxylic acids is 2. The molecule has 2 aromatic carbocycles. The highest BCUT2D eigenvalue weighted by Gasteiger charge is 2.31. The Balaban J connectivity index is 1.27. The van der Waals surface area contributed by atoms with Gasteiger partial charge in [-0.1, -0.05) is 30.3 Å². The number of ether oxygens (including phenoxy) is 1. The second-order valence-corrected chi connectivity index (χ2v) is 8.85. The number of piperazine rings is 1. The number of para-hydroxylation sites is 1. The molecule has 176 valence electrons. The number of amides is 2. The van der Waals surface area contributed by atoms with Crippen molar-refractivity contribution in [3.05, 3.63) is 78.1 Å². The third-order valence-electron chi connectivity index (χ3n) is 6.60. The molecule has 0 radical (unpaired) electrons. The maximum atomic E-state index is 12.8. The summed E-state index contributed by atoms with van der Waals surface area (Å²) in [6.07, 6.45) is 3.97. The van der Waals surface area contributed by atoms with Crippen LogP contribution < -0.4 is 9.64 Å². The number of carbonyl (C=O) groups is 2. The number of anilines is 1. The Bertz CT molecular complexity index is 1150. The number of benzene rings is 2. The van der Waals surface area contributed by atoms with Crippen LogP contribution in [-0.2, 0) is 24.3 Å². The van der Waals surface area contributed by atoms with E-state index < -0.39 is 0 Å². The van der Waals surface area contributed by atoms with Gasteiger partial charge in [0, 0.05) is 50.3 Å². The van der Waals surface area contributed by atoms with Crippen LogP contribution in [0, 0.1) is 0 Å². The van der Waals surface area contributed by atoms with Crippen LogP contribution in [0.25, 0.3) is 0 Å². The first kappa shape index (κ1) is 22.0. The zero-order chi connectivity index (χ0) is 23.5. The molecular formula is C26H29N5O3. The molecule has 0 unspecified atom stereocenters. The number of fused-ring (bicyclic) bond motifs is 1. The SMILES string of the molecule is C[C@@H]1CN(c2cccc3c2CN(C(=O)Oc2ccccc2)CC3)CCN1C(=O)Cn1cccn1. The van der Waals surface area contributed by atoms with E-state index in [9.17, 15) is 9.59 Å². The van der Waals surface area contributed by atoms with Gasteiger partial charge in [-0.05, 0) is 48.7 Å². The molecule has 1 fully saturated rings. The maximum Gasteiger partial charge on any atom is 0.415 e. The molecule has 1 aromatic heterocycles. The lowest BCUT2D eigenvalue weighted by molar-refractivity contribution is -0.134. The van der Waals surface area contributed by atoms with Crippen molar-refractivity contribution in [2.75, 3.05) is 31.1 Å². The minimum absolute atomic E-state index is 0.0791. The van der Waals surface area contributed by atoms with Crippen LogP contribution in [-0.4, -0.2) is 63.8 Å². The molecular weight excluding hydrogens is 430 g/mol. The van der Waals surface area contributed by atoms with Gasteiger partial charge in [-0.15, -0.1) is 0 Å². The van der Waals surface area contributed by atoms with Gasteiger partial charge in [-0.3, -0.25) is 9.48 Å². The zero-order valence-corrected chi connectivity index (χ0v) is 19.3. The standard InChI is InChI=1S/C26H29N5O3/c1-20-17-28(15-16-31(20)25(32)19-30-13-6-12-27-30)24-10-5-7-21-11-14-29(18-23(21)24)26(33)34-22-8-3-2-4-9-22/h2-10,12-13,20H,11,14-19H2,1H3/t20-/m1/s1. The third-order valence-corrected chi connectivity index (χ3v) is 6.60. The summed E-state index contributed by atoms with van der Waals surface area (Å²) in [4.78, 5) is 31.7. The van der Waals surface area contributed by atoms with Crippen molar-refractivity contribution in [2.24, 2.45) is 0 Å². The molecule has 0 aliphatic carbocycles. The van der Waals surface area contributed by atoms with Gasteiger partial charge >= 0.3 is 6.09 Å². The van der Waals surface area contributed by atoms with Crippen molar-refractivity contribution in [1.29, 1.82) is 0 Å². The number of hydrogen-bond acceptors (Lipinski definition) is 5. The summed E-state index contributed by atoms with van der Waals surface area (Å²) in [6, 6.07) is 17.4. The second-order valence-electron chi connectivity index (χ2n) is 8.85. The van der Waals surface area contributed by atoms with Crippen molar-refractivity contribution in [1.82, 2.24) is 19.6 Å². The fourth-order valence-corrected chi connectivity index (χ4v) is 4.84. The van der Waals surface area contributed by atoms with Crippen LogP contribution in [0.15, 0.2) is 67.0 Å². The molecule has 1 atom stereocenters. The molecule has 8 nitrogen and oxygen atoms in total. The van der Waals surface area contributed by atoms with Crippen LogP contribution >= 0.6 is 0 Å². The summed E-state index contributed by atoms with van der Waals surface area (Å²) < 4.78 is 7.24. The predicted molar refractivity (Wildman–Crippen MR) is 129 cm³/mol. The van der Waals surface area contributed by atoms with Crippen molar-refractivity contribution in [3.63, 3.8) is 0 Å². The van der Waals surface area contributed by atoms with E-state index in [1.165, 1.54) is 11.1 Å². The second kappa shape index (κ2) is 9.59. The molecule has 0 N–H and O–H groups in total. The zero-order valence-electron chi connectivity index (χ0n) is 19.3. The third kappa shape index (κ3) is 4.62. The molecule has 2 aliphatic rings. The van der Waals surface area contributed by atoms with Crippen LogP contribution in [0.2, 0.25) is 0 Å². The molecule has 3 aromatic rings. The van der Waals surface area contributed by atoms with Gasteiger partial charge in [-0.2, -0.15) is 5.10 Å². The predicted octanol–water partition coefficient (Wildman–Crippen LogP) is 3.18. The topological polar surface area (TPSA) is 70.9 Å². The van der Waals surface area contributed by atoms with Crippen LogP contribution in [0.5, 0.6) is 5.75 Å². The Labute approximate surface area is 199 Å². The van der Waals surface area contributed by atoms with E-state index in [-0.39, 0.29) is 24.6 Å². The highest BCUT2D eigenvalue weighted by atomic mass is 16.6. The quantitative estimate of drug-likeness (QED) is 0.599. The smallest absolute Gasteiger partial charge is 0.410 e. The van der Waals surface area contributed by atoms with Gasteiger partial charge in [-0.25, -0.2) is 4.79 Å². The van der Waals surface area contributed by atoms with E-state index in [1.54, 1.807) is 27.9 Å². The van der Waals surface area contributed by atoms with Gasteiger partial charge in [0.25, 0.3) is 0 Å². The minimum Gasteiger partial charge on any atom is -0.410 e. The summed E-state index contributed by atoms with van der Waals surface area (Å²) in [5, 5.41) is 4.15. The van der Waals surface area contributed by atoms with Gasteiger partial charge in [0.2, 0.25) is 5.91 Å². The van der Waals surface area contributed by atoms with Crippen LogP contribution in [0.4, 0.5) is 10.5 Å². The molecule has 2 aliphatic heterocycles. The van der Waals surface area contributed by atoms with Crippen molar-refractivity contribution < 1.29 is 14.3 Å². The Morgan fingerprint density at radius 1 is 1.03 bits per heavy atom. The number of rotatable bonds is 4. The highest BCUT2D eigenvalue weighted by Crippen LogP contribution is 2.31. The highest BCUT2D eigenvalue weighted by molar-refractivity contribution is 5.77. The molecule has 3 heterocycles. The minimum atomic E-state index is -0.325. The largest absolute Gasteiger partial charge is 0.415 e. The first-order valence-electron chi connectivity index (χ1n) is 11.7. The molecule has 34 heavy (non-hydrogen) atoms. The van der Waals surface area contributed by atoms with E-state index in [4.69, 9.17) is 4.74 Å². The lowest BCUT2D eigenvalue weighted by Crippen LogP contribution is -2.55. The average Bonchev–Trinajstić information content (AvgIpc) is 3.37. The maximum absolute atomic E-state index is 12.8. The number of hydrogen-bond donors (Lipinski definition) is 0. The van der Waals surface area contributed by atoms with Crippen molar-refractivity contribution >= 4 is 17.7 Å². The lowest BCUT2D eigenvalue weighted by atomic mass is 9.97. The van der Waals surface area contributed by atoms with Crippen molar-refractivity contribution in [3.8, 4) is 5.75 Å². The molecule has 8 heteroatoms. The van der Waals surface area contributed by atoms with E-state index >= 15 is 0 Å². The Morgan fingerprint density at radius 2 is 1.88 bits per heavy atom. The van der Waals surface area contributed by atoms with Crippen LogP contribution in [0.3, 0.4) is 0 Å². The fourth-order valence-electron chi connectivity index (χ4n) is 4.84. The normalized spacial score (nSPS) is 17.9. The lowest BCUT2D eigenvalue weighted by Gasteiger charge is -2.42. The van der Waals surface area contributed by atoms with Gasteiger partial charge in [0.05, 0.1) is 6.54 Å². The van der Waals surface area contributed by atoms with E-state index in [0.717, 1.165) is 25.2 Å². The van der Waals surface area contributed by atoms with E-state index in [0.29, 0.717) is 25.4 Å². The summed E-state index contributed by atoms with van der Waals surface area (Å²) in [7, 11) is 0. The molecule has 2 amide bonds. The van der Waals surface area contributed by atoms with Gasteiger partial charge in [0.15, 0.2) is 0 Å². The van der Waals surface area contributed by atoms with Gasteiger partial charge < -0.3 is 19.4 Å². The number of nitrogens with zero attached hydrogens (tertiary/aromatic N) is 5.